The molecule has 1 aliphatic rings. The van der Waals surface area contributed by atoms with Crippen LogP contribution in [-0.2, 0) is 26.1 Å². The Labute approximate surface area is 171 Å². The van der Waals surface area contributed by atoms with Gasteiger partial charge in [-0.15, -0.1) is 0 Å². The number of aryl methyl sites for hydroxylation is 2. The summed E-state index contributed by atoms with van der Waals surface area (Å²) < 4.78 is 13.2. The first kappa shape index (κ1) is 19.7. The average molecular weight is 396 g/mol. The van der Waals surface area contributed by atoms with Gasteiger partial charge in [0.25, 0.3) is 0 Å². The van der Waals surface area contributed by atoms with Gasteiger partial charge in [-0.2, -0.15) is 5.10 Å². The molecule has 4 rings (SSSR count). The van der Waals surface area contributed by atoms with Gasteiger partial charge >= 0.3 is 0 Å². The number of aliphatic hydroxyl groups excluding tert-OH is 1. The first-order chi connectivity index (χ1) is 14.0. The lowest BCUT2D eigenvalue weighted by molar-refractivity contribution is 0.0839. The number of aliphatic hydroxyl groups is 1. The lowest BCUT2D eigenvalue weighted by Crippen LogP contribution is -2.34. The molecule has 29 heavy (non-hydrogen) atoms. The summed E-state index contributed by atoms with van der Waals surface area (Å²) in [4.78, 5) is 2.22. The monoisotopic (exact) mass is 395 g/mol. The van der Waals surface area contributed by atoms with Crippen molar-refractivity contribution in [3.8, 4) is 5.75 Å². The summed E-state index contributed by atoms with van der Waals surface area (Å²) in [6.45, 7) is 8.46. The second kappa shape index (κ2) is 8.43. The van der Waals surface area contributed by atoms with E-state index in [1.54, 1.807) is 6.26 Å². The highest BCUT2D eigenvalue weighted by atomic mass is 16.5. The van der Waals surface area contributed by atoms with E-state index in [-0.39, 0.29) is 6.10 Å². The zero-order valence-corrected chi connectivity index (χ0v) is 17.3. The molecule has 0 saturated carbocycles. The molecular formula is C23H29N3O3. The second-order valence-electron chi connectivity index (χ2n) is 8.09. The van der Waals surface area contributed by atoms with Crippen LogP contribution in [-0.4, -0.2) is 38.5 Å². The van der Waals surface area contributed by atoms with Gasteiger partial charge in [-0.1, -0.05) is 12.1 Å². The minimum Gasteiger partial charge on any atom is -0.490 e. The number of nitrogens with zero attached hydrogens (tertiary/aromatic N) is 3. The normalized spacial score (nSPS) is 16.8. The number of fused-ring (bicyclic) bond motifs is 1. The lowest BCUT2D eigenvalue weighted by atomic mass is 10.1. The van der Waals surface area contributed by atoms with Crippen LogP contribution >= 0.6 is 0 Å². The molecule has 0 aliphatic carbocycles. The Kier molecular flexibility index (Phi) is 5.74. The van der Waals surface area contributed by atoms with Crippen molar-refractivity contribution in [2.24, 2.45) is 0 Å². The van der Waals surface area contributed by atoms with Gasteiger partial charge in [-0.25, -0.2) is 0 Å². The van der Waals surface area contributed by atoms with Crippen LogP contribution in [0.5, 0.6) is 5.75 Å². The predicted octanol–water partition coefficient (Wildman–Crippen LogP) is 3.48. The summed E-state index contributed by atoms with van der Waals surface area (Å²) in [5.41, 5.74) is 4.51. The van der Waals surface area contributed by atoms with Gasteiger partial charge in [0.05, 0.1) is 31.2 Å². The number of aromatic nitrogens is 2. The molecule has 2 atom stereocenters. The van der Waals surface area contributed by atoms with Crippen molar-refractivity contribution in [1.29, 1.82) is 0 Å². The molecule has 1 aliphatic heterocycles. The average Bonchev–Trinajstić information content (AvgIpc) is 3.35. The molecule has 0 bridgehead atoms. The molecule has 2 aromatic heterocycles. The molecule has 0 unspecified atom stereocenters. The molecule has 3 aromatic rings. The van der Waals surface area contributed by atoms with Crippen molar-refractivity contribution in [1.82, 2.24) is 14.7 Å². The van der Waals surface area contributed by atoms with Crippen molar-refractivity contribution < 1.29 is 14.3 Å². The van der Waals surface area contributed by atoms with Gasteiger partial charge in [0.1, 0.15) is 17.6 Å². The van der Waals surface area contributed by atoms with E-state index in [9.17, 15) is 5.11 Å². The summed E-state index contributed by atoms with van der Waals surface area (Å²) in [5.74, 6) is 1.88. The molecule has 3 heterocycles. The summed E-state index contributed by atoms with van der Waals surface area (Å²) in [7, 11) is 0. The Morgan fingerprint density at radius 3 is 2.83 bits per heavy atom. The second-order valence-corrected chi connectivity index (χ2v) is 8.09. The van der Waals surface area contributed by atoms with Crippen LogP contribution in [0.1, 0.15) is 35.2 Å². The molecule has 154 valence electrons. The molecule has 0 fully saturated rings. The van der Waals surface area contributed by atoms with E-state index in [2.05, 4.69) is 35.1 Å². The van der Waals surface area contributed by atoms with Crippen LogP contribution in [0.4, 0.5) is 0 Å². The Morgan fingerprint density at radius 1 is 1.24 bits per heavy atom. The SMILES string of the molecule is Cc1cc(C)n(C[C@H](O)CN(Cc2ccc3c(c2)C[C@@H](C)O3)Cc2ccco2)n1. The van der Waals surface area contributed by atoms with E-state index in [1.165, 1.54) is 11.1 Å². The zero-order chi connectivity index (χ0) is 20.4. The molecule has 6 heteroatoms. The summed E-state index contributed by atoms with van der Waals surface area (Å²) in [5, 5.41) is 15.2. The van der Waals surface area contributed by atoms with Gasteiger partial charge in [0.2, 0.25) is 0 Å². The fourth-order valence-electron chi connectivity index (χ4n) is 4.06. The molecule has 1 aromatic carbocycles. The molecule has 0 amide bonds. The van der Waals surface area contributed by atoms with Crippen LogP contribution in [0.15, 0.2) is 47.1 Å². The third-order valence-corrected chi connectivity index (χ3v) is 5.28. The van der Waals surface area contributed by atoms with Crippen molar-refractivity contribution in [2.75, 3.05) is 6.54 Å². The minimum absolute atomic E-state index is 0.238. The van der Waals surface area contributed by atoms with Crippen molar-refractivity contribution in [3.05, 3.63) is 70.9 Å². The van der Waals surface area contributed by atoms with Crippen LogP contribution in [0, 0.1) is 13.8 Å². The van der Waals surface area contributed by atoms with E-state index in [4.69, 9.17) is 9.15 Å². The number of furan rings is 1. The molecule has 0 spiro atoms. The molecule has 1 N–H and O–H groups in total. The van der Waals surface area contributed by atoms with Crippen LogP contribution in [0.25, 0.3) is 0 Å². The lowest BCUT2D eigenvalue weighted by Gasteiger charge is -2.25. The van der Waals surface area contributed by atoms with Crippen molar-refractivity contribution >= 4 is 0 Å². The molecule has 6 nitrogen and oxygen atoms in total. The zero-order valence-electron chi connectivity index (χ0n) is 17.3. The number of hydrogen-bond donors (Lipinski definition) is 1. The Hall–Kier alpha value is -2.57. The van der Waals surface area contributed by atoms with Gasteiger partial charge in [0, 0.05) is 25.2 Å². The fourth-order valence-corrected chi connectivity index (χ4v) is 4.06. The van der Waals surface area contributed by atoms with Crippen molar-refractivity contribution in [3.63, 3.8) is 0 Å². The maximum absolute atomic E-state index is 10.7. The van der Waals surface area contributed by atoms with Crippen LogP contribution in [0.3, 0.4) is 0 Å². The number of ether oxygens (including phenoxy) is 1. The largest absolute Gasteiger partial charge is 0.490 e. The molecule has 0 saturated heterocycles. The summed E-state index contributed by atoms with van der Waals surface area (Å²) >= 11 is 0. The van der Waals surface area contributed by atoms with Gasteiger partial charge < -0.3 is 14.3 Å². The molecular weight excluding hydrogens is 366 g/mol. The van der Waals surface area contributed by atoms with Crippen LogP contribution in [0.2, 0.25) is 0 Å². The minimum atomic E-state index is -0.527. The highest BCUT2D eigenvalue weighted by Crippen LogP contribution is 2.30. The Morgan fingerprint density at radius 2 is 2.10 bits per heavy atom. The Bertz CT molecular complexity index is 948. The third-order valence-electron chi connectivity index (χ3n) is 5.28. The number of rotatable bonds is 8. The topological polar surface area (TPSA) is 63.7 Å². The highest BCUT2D eigenvalue weighted by molar-refractivity contribution is 5.40. The van der Waals surface area contributed by atoms with Gasteiger partial charge in [-0.3, -0.25) is 9.58 Å². The predicted molar refractivity (Wildman–Crippen MR) is 111 cm³/mol. The van der Waals surface area contributed by atoms with Crippen molar-refractivity contribution in [2.45, 2.75) is 59.0 Å². The van der Waals surface area contributed by atoms with Gasteiger partial charge in [-0.05, 0) is 56.2 Å². The van der Waals surface area contributed by atoms with E-state index < -0.39 is 6.10 Å². The summed E-state index contributed by atoms with van der Waals surface area (Å²) in [6.07, 6.45) is 2.35. The standard InChI is InChI=1S/C23H29N3O3/c1-16-9-17(2)26(24-16)14-21(27)13-25(15-22-5-4-8-28-22)12-19-6-7-23-20(11-19)10-18(3)29-23/h4-9,11,18,21,27H,10,12-15H2,1-3H3/t18-,21-/m1/s1. The first-order valence-electron chi connectivity index (χ1n) is 10.2. The van der Waals surface area contributed by atoms with Crippen LogP contribution < -0.4 is 4.74 Å². The smallest absolute Gasteiger partial charge is 0.123 e. The highest BCUT2D eigenvalue weighted by Gasteiger charge is 2.21. The maximum Gasteiger partial charge on any atom is 0.123 e. The van der Waals surface area contributed by atoms with E-state index in [0.29, 0.717) is 19.6 Å². The molecule has 0 radical (unpaired) electrons. The summed E-state index contributed by atoms with van der Waals surface area (Å²) in [6, 6.07) is 12.3. The van der Waals surface area contributed by atoms with Gasteiger partial charge in [0.15, 0.2) is 0 Å². The fraction of sp³-hybridized carbons (Fsp3) is 0.435. The number of hydrogen-bond acceptors (Lipinski definition) is 5. The first-order valence-corrected chi connectivity index (χ1v) is 10.2. The van der Waals surface area contributed by atoms with E-state index >= 15 is 0 Å². The van der Waals surface area contributed by atoms with E-state index in [1.807, 2.05) is 36.7 Å². The quantitative estimate of drug-likeness (QED) is 0.633. The van der Waals surface area contributed by atoms with E-state index in [0.717, 1.165) is 35.9 Å². The number of benzene rings is 1. The third kappa shape index (κ3) is 4.89. The Balaban J connectivity index is 1.46. The maximum atomic E-state index is 10.7.